The monoisotopic (exact) mass is 341 g/mol. The molecule has 1 aromatic rings. The van der Waals surface area contributed by atoms with Crippen molar-refractivity contribution in [1.29, 1.82) is 0 Å². The lowest BCUT2D eigenvalue weighted by molar-refractivity contribution is 0.244. The van der Waals surface area contributed by atoms with E-state index in [9.17, 15) is 9.00 Å². The molecule has 1 aromatic heterocycles. The van der Waals surface area contributed by atoms with Crippen molar-refractivity contribution in [3.05, 3.63) is 11.8 Å². The summed E-state index contributed by atoms with van der Waals surface area (Å²) in [7, 11) is -0.891. The average Bonchev–Trinajstić information content (AvgIpc) is 2.95. The van der Waals surface area contributed by atoms with Gasteiger partial charge in [-0.3, -0.25) is 9.53 Å². The Morgan fingerprint density at radius 2 is 2.09 bits per heavy atom. The van der Waals surface area contributed by atoms with Gasteiger partial charge in [-0.05, 0) is 12.8 Å². The normalized spacial score (nSPS) is 23.3. The van der Waals surface area contributed by atoms with Crippen LogP contribution in [0.3, 0.4) is 0 Å². The van der Waals surface area contributed by atoms with Crippen molar-refractivity contribution < 1.29 is 13.5 Å². The van der Waals surface area contributed by atoms with Crippen molar-refractivity contribution in [1.82, 2.24) is 10.5 Å². The highest BCUT2D eigenvalue weighted by atomic mass is 32.2. The molecule has 0 aromatic carbocycles. The fraction of sp³-hybridized carbons (Fsp3) is 0.750. The van der Waals surface area contributed by atoms with Gasteiger partial charge in [-0.2, -0.15) is 0 Å². The van der Waals surface area contributed by atoms with E-state index in [1.807, 2.05) is 27.7 Å². The van der Waals surface area contributed by atoms with Crippen molar-refractivity contribution in [2.75, 3.05) is 11.1 Å². The number of carbonyl (C=O) groups is 1. The topological polar surface area (TPSA) is 84.2 Å². The zero-order chi connectivity index (χ0) is 17.0. The van der Waals surface area contributed by atoms with Crippen LogP contribution in [0.25, 0.3) is 0 Å². The van der Waals surface area contributed by atoms with E-state index in [-0.39, 0.29) is 22.7 Å². The molecule has 2 amide bonds. The fourth-order valence-electron chi connectivity index (χ4n) is 2.80. The molecule has 6 nitrogen and oxygen atoms in total. The Balaban J connectivity index is 1.95. The van der Waals surface area contributed by atoms with Crippen LogP contribution in [0, 0.1) is 0 Å². The predicted octanol–water partition coefficient (Wildman–Crippen LogP) is 3.17. The quantitative estimate of drug-likeness (QED) is 0.881. The maximum atomic E-state index is 12.2. The second kappa shape index (κ2) is 7.47. The summed E-state index contributed by atoms with van der Waals surface area (Å²) in [5.74, 6) is 1.75. The summed E-state index contributed by atoms with van der Waals surface area (Å²) < 4.78 is 17.4. The lowest BCUT2D eigenvalue weighted by Gasteiger charge is -2.31. The number of amides is 2. The molecule has 1 saturated carbocycles. The van der Waals surface area contributed by atoms with Gasteiger partial charge >= 0.3 is 6.03 Å². The number of nitrogens with zero attached hydrogens (tertiary/aromatic N) is 1. The van der Waals surface area contributed by atoms with Crippen LogP contribution in [-0.2, 0) is 16.2 Å². The average molecular weight is 341 g/mol. The first kappa shape index (κ1) is 18.0. The maximum Gasteiger partial charge on any atom is 0.320 e. The molecule has 7 heteroatoms. The van der Waals surface area contributed by atoms with Gasteiger partial charge in [-0.15, -0.1) is 0 Å². The molecule has 1 aliphatic carbocycles. The second-order valence-electron chi connectivity index (χ2n) is 7.02. The number of urea groups is 1. The molecule has 3 atom stereocenters. The Bertz CT molecular complexity index is 565. The van der Waals surface area contributed by atoms with Crippen LogP contribution in [0.5, 0.6) is 0 Å². The van der Waals surface area contributed by atoms with E-state index >= 15 is 0 Å². The summed E-state index contributed by atoms with van der Waals surface area (Å²) >= 11 is 0. The predicted molar refractivity (Wildman–Crippen MR) is 92.1 cm³/mol. The first-order valence-corrected chi connectivity index (χ1v) is 9.61. The van der Waals surface area contributed by atoms with E-state index in [0.29, 0.717) is 11.6 Å². The molecule has 1 heterocycles. The van der Waals surface area contributed by atoms with Gasteiger partial charge in [0.1, 0.15) is 5.76 Å². The Labute approximate surface area is 140 Å². The summed E-state index contributed by atoms with van der Waals surface area (Å²) in [6, 6.07) is 1.38. The summed E-state index contributed by atoms with van der Waals surface area (Å²) in [6.45, 7) is 7.98. The smallest absolute Gasteiger partial charge is 0.320 e. The highest BCUT2D eigenvalue weighted by Gasteiger charge is 2.30. The third-order valence-corrected chi connectivity index (χ3v) is 5.94. The third kappa shape index (κ3) is 4.80. The third-order valence-electron chi connectivity index (χ3n) is 4.13. The van der Waals surface area contributed by atoms with E-state index in [0.717, 1.165) is 31.4 Å². The molecule has 0 unspecified atom stereocenters. The summed E-state index contributed by atoms with van der Waals surface area (Å²) in [4.78, 5) is 12.2. The second-order valence-corrected chi connectivity index (χ2v) is 8.97. The number of nitrogens with one attached hydrogen (secondary N) is 2. The minimum Gasteiger partial charge on any atom is -0.359 e. The number of carbonyl (C=O) groups excluding carboxylic acids is 1. The van der Waals surface area contributed by atoms with Crippen molar-refractivity contribution in [3.63, 3.8) is 0 Å². The Morgan fingerprint density at radius 1 is 1.39 bits per heavy atom. The largest absolute Gasteiger partial charge is 0.359 e. The first-order chi connectivity index (χ1) is 10.8. The molecule has 1 aliphatic rings. The number of hydrogen-bond acceptors (Lipinski definition) is 4. The van der Waals surface area contributed by atoms with Gasteiger partial charge in [-0.1, -0.05) is 45.7 Å². The summed E-state index contributed by atoms with van der Waals surface area (Å²) in [5.41, 5.74) is -0.157. The Kier molecular flexibility index (Phi) is 5.84. The molecule has 0 saturated heterocycles. The molecule has 0 radical (unpaired) electrons. The molecule has 1 fully saturated rings. The van der Waals surface area contributed by atoms with Gasteiger partial charge in [0.15, 0.2) is 5.82 Å². The van der Waals surface area contributed by atoms with Gasteiger partial charge in [0.2, 0.25) is 0 Å². The van der Waals surface area contributed by atoms with Crippen molar-refractivity contribution in [2.24, 2.45) is 0 Å². The Morgan fingerprint density at radius 3 is 2.70 bits per heavy atom. The van der Waals surface area contributed by atoms with Crippen LogP contribution in [-0.4, -0.2) is 32.4 Å². The zero-order valence-electron chi connectivity index (χ0n) is 14.3. The number of rotatable bonds is 4. The minimum absolute atomic E-state index is 0.0430. The van der Waals surface area contributed by atoms with E-state index in [1.54, 1.807) is 6.07 Å². The van der Waals surface area contributed by atoms with Crippen molar-refractivity contribution in [2.45, 2.75) is 70.1 Å². The van der Waals surface area contributed by atoms with Crippen LogP contribution in [0.15, 0.2) is 10.6 Å². The van der Waals surface area contributed by atoms with E-state index < -0.39 is 10.8 Å². The molecule has 130 valence electrons. The maximum absolute atomic E-state index is 12.2. The summed E-state index contributed by atoms with van der Waals surface area (Å²) in [5, 5.41) is 9.58. The van der Waals surface area contributed by atoms with Gasteiger partial charge < -0.3 is 9.84 Å². The lowest BCUT2D eigenvalue weighted by atomic mass is 9.93. The number of aromatic nitrogens is 1. The Hall–Kier alpha value is -1.37. The fourth-order valence-corrected chi connectivity index (χ4v) is 4.23. The highest BCUT2D eigenvalue weighted by Crippen LogP contribution is 2.25. The molecule has 0 bridgehead atoms. The van der Waals surface area contributed by atoms with Crippen molar-refractivity contribution >= 4 is 22.6 Å². The van der Waals surface area contributed by atoms with Crippen LogP contribution in [0.1, 0.15) is 59.1 Å². The van der Waals surface area contributed by atoms with Crippen molar-refractivity contribution in [3.8, 4) is 0 Å². The van der Waals surface area contributed by atoms with Gasteiger partial charge in [-0.25, -0.2) is 4.79 Å². The van der Waals surface area contributed by atoms with Crippen LogP contribution >= 0.6 is 0 Å². The number of hydrogen-bond donors (Lipinski definition) is 2. The minimum atomic E-state index is -0.891. The van der Waals surface area contributed by atoms with Crippen LogP contribution < -0.4 is 10.6 Å². The zero-order valence-corrected chi connectivity index (χ0v) is 15.2. The van der Waals surface area contributed by atoms with Gasteiger partial charge in [0.25, 0.3) is 0 Å². The molecule has 23 heavy (non-hydrogen) atoms. The molecular formula is C16H27N3O3S. The highest BCUT2D eigenvalue weighted by molar-refractivity contribution is 7.85. The molecule has 0 aliphatic heterocycles. The molecule has 2 rings (SSSR count). The van der Waals surface area contributed by atoms with Crippen LogP contribution in [0.2, 0.25) is 0 Å². The van der Waals surface area contributed by atoms with Crippen LogP contribution in [0.4, 0.5) is 10.6 Å². The van der Waals surface area contributed by atoms with E-state index in [4.69, 9.17) is 4.52 Å². The van der Waals surface area contributed by atoms with E-state index in [2.05, 4.69) is 15.8 Å². The lowest BCUT2D eigenvalue weighted by Crippen LogP contribution is -2.48. The standard InChI is InChI=1S/C16H27N3O3S/c1-5-23(21)12-9-7-6-8-11(12)17-15(20)18-14-10-13(22-19-14)16(2,3)4/h10-12H,5-9H2,1-4H3,(H2,17,18,19,20)/t11-,12+,23+/m0/s1. The molecule has 0 spiro atoms. The molecule has 2 N–H and O–H groups in total. The van der Waals surface area contributed by atoms with Gasteiger partial charge in [0.05, 0.1) is 5.25 Å². The SMILES string of the molecule is CC[S@@](=O)[C@@H]1CCCC[C@@H]1NC(=O)Nc1cc(C(C)(C)C)on1. The summed E-state index contributed by atoms with van der Waals surface area (Å²) in [6.07, 6.45) is 3.91. The van der Waals surface area contributed by atoms with E-state index in [1.165, 1.54) is 0 Å². The first-order valence-electron chi connectivity index (χ1n) is 8.23. The number of anilines is 1. The molecular weight excluding hydrogens is 314 g/mol. The van der Waals surface area contributed by atoms with Gasteiger partial charge in [0, 0.05) is 34.1 Å².